The molecule has 3 heteroatoms. The summed E-state index contributed by atoms with van der Waals surface area (Å²) in [5.41, 5.74) is 1.12. The maximum Gasteiger partial charge on any atom is 0.214 e. The number of hydrogen-bond donors (Lipinski definition) is 0. The van der Waals surface area contributed by atoms with Crippen molar-refractivity contribution in [2.75, 3.05) is 0 Å². The Kier molecular flexibility index (Phi) is 0.974. The Morgan fingerprint density at radius 2 is 2.40 bits per heavy atom. The zero-order valence-electron chi connectivity index (χ0n) is 5.73. The summed E-state index contributed by atoms with van der Waals surface area (Å²) in [6, 6.07) is 6.00. The van der Waals surface area contributed by atoms with Crippen molar-refractivity contribution in [3.8, 4) is 0 Å². The van der Waals surface area contributed by atoms with Crippen LogP contribution in [0.25, 0.3) is 5.52 Å². The summed E-state index contributed by atoms with van der Waals surface area (Å²) in [5, 5.41) is 4.08. The van der Waals surface area contributed by atoms with Crippen LogP contribution in [0.1, 0.15) is 0 Å². The Labute approximate surface area is 58.5 Å². The second-order valence-electron chi connectivity index (χ2n) is 2.20. The van der Waals surface area contributed by atoms with Gasteiger partial charge in [0.25, 0.3) is 0 Å². The van der Waals surface area contributed by atoms with Crippen LogP contribution in [0, 0.1) is 0 Å². The first-order valence-corrected chi connectivity index (χ1v) is 3.16. The van der Waals surface area contributed by atoms with E-state index in [-0.39, 0.29) is 0 Å². The van der Waals surface area contributed by atoms with Gasteiger partial charge in [-0.15, -0.1) is 4.52 Å². The molecule has 2 aromatic rings. The van der Waals surface area contributed by atoms with Gasteiger partial charge in [0.05, 0.1) is 7.05 Å². The first kappa shape index (κ1) is 5.41. The van der Waals surface area contributed by atoms with Gasteiger partial charge in [0.1, 0.15) is 6.20 Å². The molecule has 0 radical (unpaired) electrons. The summed E-state index contributed by atoms with van der Waals surface area (Å²) in [6.07, 6.45) is 3.81. The first-order valence-electron chi connectivity index (χ1n) is 3.16. The predicted molar refractivity (Wildman–Crippen MR) is 36.4 cm³/mol. The Bertz CT molecular complexity index is 350. The summed E-state index contributed by atoms with van der Waals surface area (Å²) in [5.74, 6) is 0. The highest BCUT2D eigenvalue weighted by Crippen LogP contribution is 1.89. The summed E-state index contributed by atoms with van der Waals surface area (Å²) in [4.78, 5) is 1.79. The van der Waals surface area contributed by atoms with E-state index in [0.717, 1.165) is 5.52 Å². The van der Waals surface area contributed by atoms with Crippen molar-refractivity contribution in [2.24, 2.45) is 7.05 Å². The normalized spacial score (nSPS) is 10.5. The zero-order chi connectivity index (χ0) is 6.97. The topological polar surface area (TPSA) is 21.9 Å². The molecule has 0 aliphatic carbocycles. The van der Waals surface area contributed by atoms with Crippen molar-refractivity contribution < 1.29 is 4.52 Å². The van der Waals surface area contributed by atoms with E-state index in [1.54, 1.807) is 4.80 Å². The van der Waals surface area contributed by atoms with Gasteiger partial charge in [0.15, 0.2) is 5.52 Å². The van der Waals surface area contributed by atoms with Crippen LogP contribution in [-0.4, -0.2) is 9.90 Å². The van der Waals surface area contributed by atoms with Crippen LogP contribution in [0.5, 0.6) is 0 Å². The van der Waals surface area contributed by atoms with Gasteiger partial charge in [-0.1, -0.05) is 6.07 Å². The number of hydrogen-bond acceptors (Lipinski definition) is 1. The molecule has 0 spiro atoms. The lowest BCUT2D eigenvalue weighted by Gasteiger charge is -1.84. The minimum absolute atomic E-state index is 1.12. The average molecular weight is 134 g/mol. The molecule has 10 heavy (non-hydrogen) atoms. The monoisotopic (exact) mass is 134 g/mol. The summed E-state index contributed by atoms with van der Waals surface area (Å²) >= 11 is 0. The maximum atomic E-state index is 4.08. The molecule has 0 aliphatic rings. The highest BCUT2D eigenvalue weighted by Gasteiger charge is 2.02. The van der Waals surface area contributed by atoms with Gasteiger partial charge in [-0.2, -0.15) is 0 Å². The third-order valence-electron chi connectivity index (χ3n) is 1.54. The number of rotatable bonds is 0. The van der Waals surface area contributed by atoms with Gasteiger partial charge in [0, 0.05) is 5.10 Å². The molecule has 0 aliphatic heterocycles. The van der Waals surface area contributed by atoms with Gasteiger partial charge >= 0.3 is 0 Å². The Morgan fingerprint density at radius 3 is 3.20 bits per heavy atom. The largest absolute Gasteiger partial charge is 0.214 e. The summed E-state index contributed by atoms with van der Waals surface area (Å²) in [7, 11) is 1.91. The number of pyridine rings is 1. The second kappa shape index (κ2) is 1.80. The smallest absolute Gasteiger partial charge is 0.126 e. The molecule has 0 unspecified atom stereocenters. The number of nitrogens with zero attached hydrogens (tertiary/aromatic N) is 3. The maximum absolute atomic E-state index is 4.08. The van der Waals surface area contributed by atoms with Crippen molar-refractivity contribution in [3.05, 3.63) is 30.6 Å². The van der Waals surface area contributed by atoms with E-state index < -0.39 is 0 Å². The fourth-order valence-electron chi connectivity index (χ4n) is 1.01. The quantitative estimate of drug-likeness (QED) is 0.470. The molecule has 2 heterocycles. The van der Waals surface area contributed by atoms with Crippen molar-refractivity contribution in [1.29, 1.82) is 0 Å². The van der Waals surface area contributed by atoms with Crippen LogP contribution in [0.3, 0.4) is 0 Å². The molecule has 0 bridgehead atoms. The highest BCUT2D eigenvalue weighted by atomic mass is 15.5. The standard InChI is InChI=1S/C7H8N3/c1-9-8-6-7-4-2-3-5-10(7)9/h2-6H,1H3/q+1. The SMILES string of the molecule is Cn1ncc2cccc[n+]21. The van der Waals surface area contributed by atoms with Crippen LogP contribution in [-0.2, 0) is 7.05 Å². The van der Waals surface area contributed by atoms with Crippen LogP contribution in [0.4, 0.5) is 0 Å². The lowest BCUT2D eigenvalue weighted by atomic mass is 10.4. The Morgan fingerprint density at radius 1 is 1.50 bits per heavy atom. The van der Waals surface area contributed by atoms with E-state index in [9.17, 15) is 0 Å². The number of aryl methyl sites for hydroxylation is 1. The Balaban J connectivity index is 2.93. The fourth-order valence-corrected chi connectivity index (χ4v) is 1.01. The van der Waals surface area contributed by atoms with Gasteiger partial charge in [-0.25, -0.2) is 0 Å². The van der Waals surface area contributed by atoms with Crippen LogP contribution in [0.2, 0.25) is 0 Å². The summed E-state index contributed by atoms with van der Waals surface area (Å²) in [6.45, 7) is 0. The minimum Gasteiger partial charge on any atom is -0.126 e. The van der Waals surface area contributed by atoms with Crippen molar-refractivity contribution in [3.63, 3.8) is 0 Å². The van der Waals surface area contributed by atoms with Gasteiger partial charge in [0.2, 0.25) is 6.20 Å². The summed E-state index contributed by atoms with van der Waals surface area (Å²) < 4.78 is 1.97. The highest BCUT2D eigenvalue weighted by molar-refractivity contribution is 5.33. The van der Waals surface area contributed by atoms with Crippen molar-refractivity contribution >= 4 is 5.52 Å². The molecule has 0 N–H and O–H groups in total. The number of aromatic nitrogens is 3. The van der Waals surface area contributed by atoms with Gasteiger partial charge in [-0.05, 0) is 16.9 Å². The van der Waals surface area contributed by atoms with Crippen LogP contribution in [0.15, 0.2) is 30.6 Å². The van der Waals surface area contributed by atoms with Gasteiger partial charge < -0.3 is 0 Å². The van der Waals surface area contributed by atoms with Gasteiger partial charge in [-0.3, -0.25) is 0 Å². The van der Waals surface area contributed by atoms with Crippen LogP contribution < -0.4 is 4.52 Å². The molecular weight excluding hydrogens is 126 g/mol. The third-order valence-corrected chi connectivity index (χ3v) is 1.54. The van der Waals surface area contributed by atoms with Crippen molar-refractivity contribution in [2.45, 2.75) is 0 Å². The molecule has 0 amide bonds. The third kappa shape index (κ3) is 0.603. The molecule has 0 aromatic carbocycles. The average Bonchev–Trinajstić information content (AvgIpc) is 2.34. The van der Waals surface area contributed by atoms with E-state index in [1.807, 2.05) is 42.2 Å². The lowest BCUT2D eigenvalue weighted by molar-refractivity contribution is -0.613. The predicted octanol–water partition coefficient (Wildman–Crippen LogP) is 0.159. The molecule has 2 aromatic heterocycles. The molecule has 0 atom stereocenters. The van der Waals surface area contributed by atoms with E-state index >= 15 is 0 Å². The first-order chi connectivity index (χ1) is 4.88. The van der Waals surface area contributed by atoms with Crippen LogP contribution >= 0.6 is 0 Å². The Hall–Kier alpha value is -1.38. The lowest BCUT2D eigenvalue weighted by Crippen LogP contribution is -2.30. The minimum atomic E-state index is 1.12. The van der Waals surface area contributed by atoms with E-state index in [1.165, 1.54) is 0 Å². The van der Waals surface area contributed by atoms with E-state index in [2.05, 4.69) is 5.10 Å². The zero-order valence-corrected chi connectivity index (χ0v) is 5.73. The second-order valence-corrected chi connectivity index (χ2v) is 2.20. The molecular formula is C7H8N3+. The molecule has 50 valence electrons. The van der Waals surface area contributed by atoms with E-state index in [4.69, 9.17) is 0 Å². The van der Waals surface area contributed by atoms with Crippen molar-refractivity contribution in [1.82, 2.24) is 9.90 Å². The molecule has 0 saturated heterocycles. The fraction of sp³-hybridized carbons (Fsp3) is 0.143. The molecule has 0 saturated carbocycles. The molecule has 0 fully saturated rings. The van der Waals surface area contributed by atoms with E-state index in [0.29, 0.717) is 0 Å². The molecule has 3 nitrogen and oxygen atoms in total. The number of fused-ring (bicyclic) bond motifs is 1. The molecule has 2 rings (SSSR count).